The minimum Gasteiger partial charge on any atom is -0.512 e. The highest BCUT2D eigenvalue weighted by Crippen LogP contribution is 2.35. The summed E-state index contributed by atoms with van der Waals surface area (Å²) in [5.74, 6) is 0.973. The van der Waals surface area contributed by atoms with E-state index in [-0.39, 0.29) is 17.5 Å². The summed E-state index contributed by atoms with van der Waals surface area (Å²) in [6.45, 7) is 2.53. The van der Waals surface area contributed by atoms with Gasteiger partial charge in [0.1, 0.15) is 5.75 Å². The number of hydrogen-bond acceptors (Lipinski definition) is 3. The monoisotopic (exact) mass is 232 g/mol. The van der Waals surface area contributed by atoms with Crippen molar-refractivity contribution in [3.8, 4) is 5.75 Å². The van der Waals surface area contributed by atoms with Gasteiger partial charge in [0, 0.05) is 24.8 Å². The lowest BCUT2D eigenvalue weighted by Crippen LogP contribution is -2.13. The fourth-order valence-corrected chi connectivity index (χ4v) is 2.20. The zero-order chi connectivity index (χ0) is 12.3. The van der Waals surface area contributed by atoms with Gasteiger partial charge in [-0.1, -0.05) is 18.2 Å². The van der Waals surface area contributed by atoms with Gasteiger partial charge in [0.25, 0.3) is 0 Å². The summed E-state index contributed by atoms with van der Waals surface area (Å²) >= 11 is 0. The molecule has 0 aromatic heterocycles. The summed E-state index contributed by atoms with van der Waals surface area (Å²) in [5, 5.41) is 9.53. The van der Waals surface area contributed by atoms with Crippen LogP contribution in [0.4, 0.5) is 0 Å². The Labute approximate surface area is 101 Å². The molecule has 0 aliphatic heterocycles. The summed E-state index contributed by atoms with van der Waals surface area (Å²) in [6, 6.07) is 7.70. The molecule has 3 heteroatoms. The first kappa shape index (κ1) is 11.7. The van der Waals surface area contributed by atoms with Gasteiger partial charge in [0.2, 0.25) is 0 Å². The topological polar surface area (TPSA) is 46.5 Å². The van der Waals surface area contributed by atoms with Crippen LogP contribution in [-0.2, 0) is 4.79 Å². The number of allylic oxidation sites excluding steroid dienone is 2. The van der Waals surface area contributed by atoms with Crippen molar-refractivity contribution < 1.29 is 14.6 Å². The average molecular weight is 232 g/mol. The van der Waals surface area contributed by atoms with Gasteiger partial charge in [-0.2, -0.15) is 0 Å². The lowest BCUT2D eigenvalue weighted by atomic mass is 9.86. The van der Waals surface area contributed by atoms with Gasteiger partial charge in [-0.05, 0) is 18.6 Å². The fraction of sp³-hybridized carbons (Fsp3) is 0.357. The van der Waals surface area contributed by atoms with E-state index in [9.17, 15) is 9.90 Å². The van der Waals surface area contributed by atoms with E-state index < -0.39 is 0 Å². The second kappa shape index (κ2) is 5.04. The summed E-state index contributed by atoms with van der Waals surface area (Å²) in [4.78, 5) is 11.4. The molecular weight excluding hydrogens is 216 g/mol. The van der Waals surface area contributed by atoms with Crippen molar-refractivity contribution >= 4 is 5.78 Å². The quantitative estimate of drug-likeness (QED) is 0.871. The molecular formula is C14H16O3. The van der Waals surface area contributed by atoms with Crippen molar-refractivity contribution in [3.63, 3.8) is 0 Å². The Morgan fingerprint density at radius 3 is 2.82 bits per heavy atom. The van der Waals surface area contributed by atoms with Crippen molar-refractivity contribution in [2.24, 2.45) is 0 Å². The first-order chi connectivity index (χ1) is 8.20. The first-order valence-corrected chi connectivity index (χ1v) is 5.84. The lowest BCUT2D eigenvalue weighted by molar-refractivity contribution is -0.115. The van der Waals surface area contributed by atoms with Crippen LogP contribution in [0.3, 0.4) is 0 Å². The fourth-order valence-electron chi connectivity index (χ4n) is 2.20. The highest BCUT2D eigenvalue weighted by Gasteiger charge is 2.24. The van der Waals surface area contributed by atoms with E-state index in [0.29, 0.717) is 19.4 Å². The molecule has 17 heavy (non-hydrogen) atoms. The van der Waals surface area contributed by atoms with E-state index in [1.807, 2.05) is 31.2 Å². The van der Waals surface area contributed by atoms with E-state index in [4.69, 9.17) is 4.74 Å². The molecule has 0 spiro atoms. The molecule has 1 atom stereocenters. The van der Waals surface area contributed by atoms with Gasteiger partial charge in [-0.25, -0.2) is 0 Å². The third-order valence-electron chi connectivity index (χ3n) is 2.89. The Hall–Kier alpha value is -1.77. The number of benzene rings is 1. The van der Waals surface area contributed by atoms with E-state index in [2.05, 4.69) is 0 Å². The van der Waals surface area contributed by atoms with Gasteiger partial charge >= 0.3 is 0 Å². The van der Waals surface area contributed by atoms with Crippen LogP contribution < -0.4 is 4.74 Å². The number of rotatable bonds is 3. The smallest absolute Gasteiger partial charge is 0.159 e. The largest absolute Gasteiger partial charge is 0.512 e. The third-order valence-corrected chi connectivity index (χ3v) is 2.89. The van der Waals surface area contributed by atoms with Crippen LogP contribution in [0.5, 0.6) is 5.75 Å². The number of para-hydroxylation sites is 1. The first-order valence-electron chi connectivity index (χ1n) is 5.84. The van der Waals surface area contributed by atoms with Gasteiger partial charge in [0.15, 0.2) is 5.78 Å². The number of ether oxygens (including phenoxy) is 1. The Bertz CT molecular complexity index is 449. The van der Waals surface area contributed by atoms with Crippen molar-refractivity contribution in [3.05, 3.63) is 41.7 Å². The lowest BCUT2D eigenvalue weighted by Gasteiger charge is -2.21. The molecule has 1 aromatic carbocycles. The summed E-state index contributed by atoms with van der Waals surface area (Å²) in [5.41, 5.74) is 1.00. The van der Waals surface area contributed by atoms with E-state index in [1.54, 1.807) is 0 Å². The number of carbonyl (C=O) groups is 1. The maximum Gasteiger partial charge on any atom is 0.159 e. The molecule has 0 fully saturated rings. The van der Waals surface area contributed by atoms with Crippen LogP contribution >= 0.6 is 0 Å². The predicted molar refractivity (Wildman–Crippen MR) is 65.3 cm³/mol. The highest BCUT2D eigenvalue weighted by atomic mass is 16.5. The van der Waals surface area contributed by atoms with E-state index in [1.165, 1.54) is 6.08 Å². The van der Waals surface area contributed by atoms with Crippen LogP contribution in [-0.4, -0.2) is 17.5 Å². The van der Waals surface area contributed by atoms with Gasteiger partial charge in [0.05, 0.1) is 12.4 Å². The number of aliphatic hydroxyl groups excluding tert-OH is 1. The molecule has 3 nitrogen and oxygen atoms in total. The second-order valence-corrected chi connectivity index (χ2v) is 4.18. The molecule has 2 rings (SSSR count). The maximum absolute atomic E-state index is 11.4. The molecule has 90 valence electrons. The molecule has 0 unspecified atom stereocenters. The molecule has 1 aliphatic carbocycles. The maximum atomic E-state index is 11.4. The van der Waals surface area contributed by atoms with Gasteiger partial charge in [-0.3, -0.25) is 4.79 Å². The number of hydrogen-bond donors (Lipinski definition) is 1. The predicted octanol–water partition coefficient (Wildman–Crippen LogP) is 2.97. The van der Waals surface area contributed by atoms with Crippen LogP contribution in [0, 0.1) is 0 Å². The second-order valence-electron chi connectivity index (χ2n) is 4.18. The third kappa shape index (κ3) is 2.67. The molecule has 0 radical (unpaired) electrons. The van der Waals surface area contributed by atoms with Crippen LogP contribution in [0.2, 0.25) is 0 Å². The van der Waals surface area contributed by atoms with Gasteiger partial charge in [-0.15, -0.1) is 0 Å². The Kier molecular flexibility index (Phi) is 3.47. The Morgan fingerprint density at radius 1 is 1.35 bits per heavy atom. The summed E-state index contributed by atoms with van der Waals surface area (Å²) in [7, 11) is 0. The SMILES string of the molecule is CCOc1ccccc1[C@H]1CC(=O)C=C(O)C1. The van der Waals surface area contributed by atoms with E-state index in [0.717, 1.165) is 11.3 Å². The zero-order valence-corrected chi connectivity index (χ0v) is 9.85. The van der Waals surface area contributed by atoms with Crippen LogP contribution in [0.1, 0.15) is 31.2 Å². The van der Waals surface area contributed by atoms with Crippen LogP contribution in [0.25, 0.3) is 0 Å². The molecule has 1 N–H and O–H groups in total. The Balaban J connectivity index is 2.28. The molecule has 0 saturated carbocycles. The average Bonchev–Trinajstić information content (AvgIpc) is 2.29. The Morgan fingerprint density at radius 2 is 2.12 bits per heavy atom. The minimum atomic E-state index is -0.0231. The number of carbonyl (C=O) groups excluding carboxylic acids is 1. The molecule has 0 bridgehead atoms. The molecule has 0 amide bonds. The van der Waals surface area contributed by atoms with Crippen molar-refractivity contribution in [2.75, 3.05) is 6.61 Å². The molecule has 1 aromatic rings. The number of ketones is 1. The normalized spacial score (nSPS) is 19.9. The number of aliphatic hydroxyl groups is 1. The van der Waals surface area contributed by atoms with E-state index >= 15 is 0 Å². The van der Waals surface area contributed by atoms with Crippen molar-refractivity contribution in [1.82, 2.24) is 0 Å². The standard InChI is InChI=1S/C14H16O3/c1-2-17-14-6-4-3-5-13(14)10-7-11(15)9-12(16)8-10/h3-6,9-10,15H,2,7-8H2,1H3/t10-/m1/s1. The molecule has 1 aliphatic rings. The zero-order valence-electron chi connectivity index (χ0n) is 9.85. The minimum absolute atomic E-state index is 0.0231. The molecule has 0 saturated heterocycles. The molecule has 0 heterocycles. The summed E-state index contributed by atoms with van der Waals surface area (Å²) < 4.78 is 5.55. The van der Waals surface area contributed by atoms with Crippen molar-refractivity contribution in [1.29, 1.82) is 0 Å². The van der Waals surface area contributed by atoms with Gasteiger partial charge < -0.3 is 9.84 Å². The summed E-state index contributed by atoms with van der Waals surface area (Å²) in [6.07, 6.45) is 2.27. The van der Waals surface area contributed by atoms with Crippen molar-refractivity contribution in [2.45, 2.75) is 25.7 Å². The van der Waals surface area contributed by atoms with Crippen LogP contribution in [0.15, 0.2) is 36.1 Å². The highest BCUT2D eigenvalue weighted by molar-refractivity contribution is 5.91.